The minimum Gasteiger partial charge on any atom is -0.358 e. The number of nitrogens with zero attached hydrogens (tertiary/aromatic N) is 1. The number of rotatable bonds is 4. The molecule has 4 rings (SSSR count). The number of anilines is 1. The standard InChI is InChI=1S/C18H15N3OS2/c1-11-13(12-5-2-3-6-14(12)19-11)9-17(22)21-18-20-15(10-24-18)16-7-4-8-23-16/h2-8,10,19H,9H2,1H3,(H,20,21,22). The number of amides is 1. The van der Waals surface area contributed by atoms with Crippen molar-refractivity contribution < 1.29 is 4.79 Å². The van der Waals surface area contributed by atoms with Crippen molar-refractivity contribution in [1.82, 2.24) is 9.97 Å². The molecule has 0 saturated carbocycles. The number of hydrogen-bond acceptors (Lipinski definition) is 4. The Balaban J connectivity index is 1.51. The Morgan fingerprint density at radius 2 is 2.08 bits per heavy atom. The highest BCUT2D eigenvalue weighted by Gasteiger charge is 2.14. The summed E-state index contributed by atoms with van der Waals surface area (Å²) in [5.74, 6) is -0.0464. The van der Waals surface area contributed by atoms with Crippen LogP contribution >= 0.6 is 22.7 Å². The highest BCUT2D eigenvalue weighted by molar-refractivity contribution is 7.16. The van der Waals surface area contributed by atoms with E-state index in [0.29, 0.717) is 11.6 Å². The third kappa shape index (κ3) is 2.86. The molecule has 120 valence electrons. The summed E-state index contributed by atoms with van der Waals surface area (Å²) in [5.41, 5.74) is 4.04. The minimum atomic E-state index is -0.0464. The van der Waals surface area contributed by atoms with Crippen LogP contribution in [0.15, 0.2) is 47.2 Å². The van der Waals surface area contributed by atoms with Crippen molar-refractivity contribution in [2.75, 3.05) is 5.32 Å². The van der Waals surface area contributed by atoms with E-state index in [1.807, 2.05) is 54.1 Å². The third-order valence-corrected chi connectivity index (χ3v) is 5.54. The van der Waals surface area contributed by atoms with Crippen molar-refractivity contribution >= 4 is 44.6 Å². The van der Waals surface area contributed by atoms with Crippen LogP contribution in [0.3, 0.4) is 0 Å². The molecule has 1 aromatic carbocycles. The van der Waals surface area contributed by atoms with Crippen LogP contribution < -0.4 is 5.32 Å². The molecule has 0 radical (unpaired) electrons. The SMILES string of the molecule is Cc1[nH]c2ccccc2c1CC(=O)Nc1nc(-c2cccs2)cs1. The summed E-state index contributed by atoms with van der Waals surface area (Å²) >= 11 is 3.10. The fourth-order valence-electron chi connectivity index (χ4n) is 2.76. The van der Waals surface area contributed by atoms with E-state index in [4.69, 9.17) is 0 Å². The molecule has 0 atom stereocenters. The van der Waals surface area contributed by atoms with Gasteiger partial charge >= 0.3 is 0 Å². The number of carbonyl (C=O) groups excluding carboxylic acids is 1. The number of thiophene rings is 1. The molecule has 0 fully saturated rings. The lowest BCUT2D eigenvalue weighted by atomic mass is 10.1. The van der Waals surface area contributed by atoms with E-state index in [9.17, 15) is 4.79 Å². The quantitative estimate of drug-likeness (QED) is 0.551. The van der Waals surface area contributed by atoms with Gasteiger partial charge in [0.05, 0.1) is 17.0 Å². The maximum atomic E-state index is 12.4. The number of aromatic nitrogens is 2. The first kappa shape index (κ1) is 15.1. The van der Waals surface area contributed by atoms with Crippen molar-refractivity contribution in [1.29, 1.82) is 0 Å². The molecule has 3 heterocycles. The molecule has 1 amide bonds. The Morgan fingerprint density at radius 1 is 1.21 bits per heavy atom. The van der Waals surface area contributed by atoms with Gasteiger partial charge in [-0.15, -0.1) is 22.7 Å². The first-order valence-electron chi connectivity index (χ1n) is 7.56. The highest BCUT2D eigenvalue weighted by atomic mass is 32.1. The lowest BCUT2D eigenvalue weighted by Gasteiger charge is -2.02. The van der Waals surface area contributed by atoms with E-state index < -0.39 is 0 Å². The van der Waals surface area contributed by atoms with Gasteiger partial charge in [0, 0.05) is 22.0 Å². The zero-order valence-corrected chi connectivity index (χ0v) is 14.6. The van der Waals surface area contributed by atoms with Crippen LogP contribution in [0.4, 0.5) is 5.13 Å². The first-order chi connectivity index (χ1) is 11.7. The number of aromatic amines is 1. The van der Waals surface area contributed by atoms with Crippen molar-refractivity contribution in [3.8, 4) is 10.6 Å². The smallest absolute Gasteiger partial charge is 0.230 e. The number of H-pyrrole nitrogens is 1. The molecular formula is C18H15N3OS2. The Bertz CT molecular complexity index is 999. The molecule has 4 nitrogen and oxygen atoms in total. The number of aryl methyl sites for hydroxylation is 1. The number of benzene rings is 1. The lowest BCUT2D eigenvalue weighted by Crippen LogP contribution is -2.14. The van der Waals surface area contributed by atoms with Gasteiger partial charge in [0.25, 0.3) is 0 Å². The molecule has 2 N–H and O–H groups in total. The molecule has 0 bridgehead atoms. The van der Waals surface area contributed by atoms with Crippen LogP contribution in [0.25, 0.3) is 21.5 Å². The summed E-state index contributed by atoms with van der Waals surface area (Å²) in [4.78, 5) is 21.3. The Kier molecular flexibility index (Phi) is 3.92. The van der Waals surface area contributed by atoms with Gasteiger partial charge in [-0.05, 0) is 30.0 Å². The van der Waals surface area contributed by atoms with Crippen LogP contribution in [0, 0.1) is 6.92 Å². The Morgan fingerprint density at radius 3 is 2.92 bits per heavy atom. The average molecular weight is 353 g/mol. The van der Waals surface area contributed by atoms with Gasteiger partial charge in [0.1, 0.15) is 0 Å². The monoisotopic (exact) mass is 353 g/mol. The maximum Gasteiger partial charge on any atom is 0.230 e. The predicted octanol–water partition coefficient (Wildman–Crippen LogP) is 4.84. The second kappa shape index (κ2) is 6.22. The average Bonchev–Trinajstić information content (AvgIpc) is 3.28. The maximum absolute atomic E-state index is 12.4. The summed E-state index contributed by atoms with van der Waals surface area (Å²) in [5, 5.41) is 8.65. The van der Waals surface area contributed by atoms with Crippen LogP contribution in [0.5, 0.6) is 0 Å². The molecule has 0 aliphatic rings. The summed E-state index contributed by atoms with van der Waals surface area (Å²) in [6.07, 6.45) is 0.337. The van der Waals surface area contributed by atoms with E-state index in [2.05, 4.69) is 15.3 Å². The van der Waals surface area contributed by atoms with Crippen molar-refractivity contribution in [3.05, 3.63) is 58.4 Å². The van der Waals surface area contributed by atoms with Crippen LogP contribution in [-0.2, 0) is 11.2 Å². The highest BCUT2D eigenvalue weighted by Crippen LogP contribution is 2.28. The molecular weight excluding hydrogens is 338 g/mol. The van der Waals surface area contributed by atoms with Gasteiger partial charge in [-0.3, -0.25) is 4.79 Å². The third-order valence-electron chi connectivity index (χ3n) is 3.89. The van der Waals surface area contributed by atoms with Crippen molar-refractivity contribution in [3.63, 3.8) is 0 Å². The van der Waals surface area contributed by atoms with E-state index in [-0.39, 0.29) is 5.91 Å². The molecule has 6 heteroatoms. The number of carbonyl (C=O) groups is 1. The number of fused-ring (bicyclic) bond motifs is 1. The molecule has 0 aliphatic heterocycles. The van der Waals surface area contributed by atoms with E-state index >= 15 is 0 Å². The molecule has 0 saturated heterocycles. The fraction of sp³-hybridized carbons (Fsp3) is 0.111. The van der Waals surface area contributed by atoms with Crippen LogP contribution in [0.1, 0.15) is 11.3 Å². The van der Waals surface area contributed by atoms with E-state index in [1.165, 1.54) is 11.3 Å². The normalized spacial score (nSPS) is 11.0. The number of nitrogens with one attached hydrogen (secondary N) is 2. The summed E-state index contributed by atoms with van der Waals surface area (Å²) in [6.45, 7) is 2.00. The lowest BCUT2D eigenvalue weighted by molar-refractivity contribution is -0.115. The van der Waals surface area contributed by atoms with Crippen LogP contribution in [-0.4, -0.2) is 15.9 Å². The molecule has 0 spiro atoms. The molecule has 4 aromatic rings. The molecule has 0 aliphatic carbocycles. The first-order valence-corrected chi connectivity index (χ1v) is 9.32. The second-order valence-corrected chi connectivity index (χ2v) is 7.32. The Hall–Kier alpha value is -2.44. The van der Waals surface area contributed by atoms with Crippen LogP contribution in [0.2, 0.25) is 0 Å². The summed E-state index contributed by atoms with van der Waals surface area (Å²) in [7, 11) is 0. The van der Waals surface area contributed by atoms with Crippen molar-refractivity contribution in [2.45, 2.75) is 13.3 Å². The Labute approximate surface area is 147 Å². The topological polar surface area (TPSA) is 57.8 Å². The fourth-order valence-corrected chi connectivity index (χ4v) is 4.24. The zero-order chi connectivity index (χ0) is 16.5. The molecule has 3 aromatic heterocycles. The van der Waals surface area contributed by atoms with Gasteiger partial charge in [-0.2, -0.15) is 0 Å². The number of hydrogen-bond donors (Lipinski definition) is 2. The summed E-state index contributed by atoms with van der Waals surface area (Å²) in [6, 6.07) is 12.1. The zero-order valence-electron chi connectivity index (χ0n) is 13.0. The predicted molar refractivity (Wildman–Crippen MR) is 101 cm³/mol. The molecule has 24 heavy (non-hydrogen) atoms. The minimum absolute atomic E-state index is 0.0464. The number of thiazole rings is 1. The van der Waals surface area contributed by atoms with Gasteiger partial charge in [0.2, 0.25) is 5.91 Å². The molecule has 0 unspecified atom stereocenters. The van der Waals surface area contributed by atoms with Gasteiger partial charge < -0.3 is 10.3 Å². The van der Waals surface area contributed by atoms with E-state index in [0.717, 1.165) is 32.7 Å². The van der Waals surface area contributed by atoms with E-state index in [1.54, 1.807) is 11.3 Å². The van der Waals surface area contributed by atoms with Crippen molar-refractivity contribution in [2.24, 2.45) is 0 Å². The summed E-state index contributed by atoms with van der Waals surface area (Å²) < 4.78 is 0. The largest absolute Gasteiger partial charge is 0.358 e. The van der Waals surface area contributed by atoms with Gasteiger partial charge in [-0.25, -0.2) is 4.98 Å². The van der Waals surface area contributed by atoms with Gasteiger partial charge in [0.15, 0.2) is 5.13 Å². The second-order valence-electron chi connectivity index (χ2n) is 5.51. The van der Waals surface area contributed by atoms with Gasteiger partial charge in [-0.1, -0.05) is 24.3 Å². The number of para-hydroxylation sites is 1.